The van der Waals surface area contributed by atoms with Crippen LogP contribution in [0, 0.1) is 13.8 Å². The Hall–Kier alpha value is -1.94. The molecule has 21 heavy (non-hydrogen) atoms. The van der Waals surface area contributed by atoms with E-state index in [4.69, 9.17) is 10.5 Å². The Kier molecular flexibility index (Phi) is 5.28. The first-order valence-corrected chi connectivity index (χ1v) is 7.43. The molecule has 4 nitrogen and oxygen atoms in total. The quantitative estimate of drug-likeness (QED) is 0.886. The molecule has 0 amide bonds. The van der Waals surface area contributed by atoms with Gasteiger partial charge in [-0.2, -0.15) is 0 Å². The largest absolute Gasteiger partial charge is 0.493 e. The Morgan fingerprint density at radius 2 is 1.76 bits per heavy atom. The van der Waals surface area contributed by atoms with Crippen LogP contribution in [0.1, 0.15) is 30.3 Å². The van der Waals surface area contributed by atoms with Crippen molar-refractivity contribution in [1.29, 1.82) is 0 Å². The summed E-state index contributed by atoms with van der Waals surface area (Å²) in [5.41, 5.74) is 9.79. The lowest BCUT2D eigenvalue weighted by Crippen LogP contribution is -2.07. The van der Waals surface area contributed by atoms with Gasteiger partial charge in [0.05, 0.1) is 12.2 Å². The van der Waals surface area contributed by atoms with Crippen LogP contribution in [0.25, 0.3) is 11.4 Å². The molecule has 0 bridgehead atoms. The van der Waals surface area contributed by atoms with Crippen molar-refractivity contribution in [3.63, 3.8) is 0 Å². The molecule has 0 aliphatic heterocycles. The van der Waals surface area contributed by atoms with Gasteiger partial charge in [0, 0.05) is 11.4 Å². The molecular formula is C17H23N3O. The molecule has 1 aromatic carbocycles. The number of nitrogens with two attached hydrogens (primary N) is 1. The molecule has 0 atom stereocenters. The first-order valence-electron chi connectivity index (χ1n) is 7.43. The van der Waals surface area contributed by atoms with Gasteiger partial charge in [-0.15, -0.1) is 0 Å². The molecule has 0 fully saturated rings. The van der Waals surface area contributed by atoms with Crippen LogP contribution in [0.3, 0.4) is 0 Å². The topological polar surface area (TPSA) is 61.0 Å². The van der Waals surface area contributed by atoms with Gasteiger partial charge in [-0.05, 0) is 57.9 Å². The lowest BCUT2D eigenvalue weighted by atomic mass is 10.1. The van der Waals surface area contributed by atoms with Crippen molar-refractivity contribution in [3.05, 3.63) is 41.2 Å². The maximum atomic E-state index is 5.67. The molecule has 0 saturated heterocycles. The van der Waals surface area contributed by atoms with E-state index in [2.05, 4.69) is 9.97 Å². The molecular weight excluding hydrogens is 262 g/mol. The molecule has 0 saturated carbocycles. The molecule has 0 spiro atoms. The summed E-state index contributed by atoms with van der Waals surface area (Å²) in [6, 6.07) is 7.89. The zero-order valence-corrected chi connectivity index (χ0v) is 13.0. The van der Waals surface area contributed by atoms with Crippen LogP contribution in [0.2, 0.25) is 0 Å². The highest BCUT2D eigenvalue weighted by atomic mass is 16.5. The van der Waals surface area contributed by atoms with E-state index in [0.29, 0.717) is 13.2 Å². The number of aryl methyl sites for hydroxylation is 2. The number of nitrogens with zero attached hydrogens (tertiary/aromatic N) is 2. The van der Waals surface area contributed by atoms with Crippen molar-refractivity contribution in [1.82, 2.24) is 9.97 Å². The zero-order chi connectivity index (χ0) is 15.2. The van der Waals surface area contributed by atoms with Crippen molar-refractivity contribution >= 4 is 0 Å². The molecule has 0 aliphatic rings. The highest BCUT2D eigenvalue weighted by Crippen LogP contribution is 2.28. The fraction of sp³-hybridized carbons (Fsp3) is 0.412. The molecule has 0 aliphatic carbocycles. The summed E-state index contributed by atoms with van der Waals surface area (Å²) < 4.78 is 5.67. The van der Waals surface area contributed by atoms with Gasteiger partial charge in [-0.3, -0.25) is 0 Å². The standard InChI is InChI=1S/C17H23N3O/c1-4-21-16-10-6-5-8-15(16)17-19-12(2)14(9-7-11-18)13(3)20-17/h5-6,8,10H,4,7,9,11,18H2,1-3H3. The van der Waals surface area contributed by atoms with E-state index in [1.807, 2.05) is 45.0 Å². The average Bonchev–Trinajstić information content (AvgIpc) is 2.47. The van der Waals surface area contributed by atoms with Gasteiger partial charge in [0.15, 0.2) is 5.82 Å². The van der Waals surface area contributed by atoms with E-state index in [9.17, 15) is 0 Å². The van der Waals surface area contributed by atoms with Gasteiger partial charge in [0.1, 0.15) is 5.75 Å². The molecule has 2 N–H and O–H groups in total. The van der Waals surface area contributed by atoms with E-state index in [0.717, 1.165) is 41.4 Å². The highest BCUT2D eigenvalue weighted by molar-refractivity contribution is 5.64. The van der Waals surface area contributed by atoms with Gasteiger partial charge in [-0.25, -0.2) is 9.97 Å². The van der Waals surface area contributed by atoms with E-state index < -0.39 is 0 Å². The molecule has 4 heteroatoms. The van der Waals surface area contributed by atoms with Crippen molar-refractivity contribution in [2.75, 3.05) is 13.2 Å². The summed E-state index contributed by atoms with van der Waals surface area (Å²) in [6.45, 7) is 7.36. The van der Waals surface area contributed by atoms with Crippen LogP contribution in [-0.2, 0) is 6.42 Å². The molecule has 1 aromatic heterocycles. The predicted octanol–water partition coefficient (Wildman–Crippen LogP) is 3.05. The predicted molar refractivity (Wildman–Crippen MR) is 85.5 cm³/mol. The van der Waals surface area contributed by atoms with E-state index in [1.165, 1.54) is 5.56 Å². The van der Waals surface area contributed by atoms with Gasteiger partial charge in [0.25, 0.3) is 0 Å². The summed E-state index contributed by atoms with van der Waals surface area (Å²) in [7, 11) is 0. The van der Waals surface area contributed by atoms with E-state index in [1.54, 1.807) is 0 Å². The number of ether oxygens (including phenoxy) is 1. The summed E-state index contributed by atoms with van der Waals surface area (Å²) in [4.78, 5) is 9.34. The van der Waals surface area contributed by atoms with Crippen LogP contribution < -0.4 is 10.5 Å². The van der Waals surface area contributed by atoms with Crippen LogP contribution in [0.5, 0.6) is 5.75 Å². The molecule has 2 aromatic rings. The number of rotatable bonds is 6. The Balaban J connectivity index is 2.42. The van der Waals surface area contributed by atoms with Crippen LogP contribution in [0.15, 0.2) is 24.3 Å². The second-order valence-corrected chi connectivity index (χ2v) is 5.02. The van der Waals surface area contributed by atoms with Gasteiger partial charge in [0.2, 0.25) is 0 Å². The third kappa shape index (κ3) is 3.58. The Labute approximate surface area is 126 Å². The minimum Gasteiger partial charge on any atom is -0.493 e. The summed E-state index contributed by atoms with van der Waals surface area (Å²) in [6.07, 6.45) is 1.89. The highest BCUT2D eigenvalue weighted by Gasteiger charge is 2.13. The first kappa shape index (κ1) is 15.4. The fourth-order valence-corrected chi connectivity index (χ4v) is 2.43. The van der Waals surface area contributed by atoms with E-state index >= 15 is 0 Å². The number of aromatic nitrogens is 2. The molecule has 0 unspecified atom stereocenters. The zero-order valence-electron chi connectivity index (χ0n) is 13.0. The SMILES string of the molecule is CCOc1ccccc1-c1nc(C)c(CCCN)c(C)n1. The van der Waals surface area contributed by atoms with Crippen molar-refractivity contribution in [2.45, 2.75) is 33.6 Å². The maximum Gasteiger partial charge on any atom is 0.163 e. The van der Waals surface area contributed by atoms with Crippen LogP contribution in [-0.4, -0.2) is 23.1 Å². The molecule has 2 rings (SSSR count). The van der Waals surface area contributed by atoms with Gasteiger partial charge >= 0.3 is 0 Å². The molecule has 112 valence electrons. The lowest BCUT2D eigenvalue weighted by molar-refractivity contribution is 0.341. The van der Waals surface area contributed by atoms with Crippen LogP contribution in [0.4, 0.5) is 0 Å². The molecule has 0 radical (unpaired) electrons. The van der Waals surface area contributed by atoms with E-state index in [-0.39, 0.29) is 0 Å². The second kappa shape index (κ2) is 7.18. The van der Waals surface area contributed by atoms with Crippen LogP contribution >= 0.6 is 0 Å². The van der Waals surface area contributed by atoms with Crippen molar-refractivity contribution in [3.8, 4) is 17.1 Å². The van der Waals surface area contributed by atoms with Gasteiger partial charge < -0.3 is 10.5 Å². The van der Waals surface area contributed by atoms with Crippen molar-refractivity contribution in [2.24, 2.45) is 5.73 Å². The van der Waals surface area contributed by atoms with Gasteiger partial charge in [-0.1, -0.05) is 12.1 Å². The maximum absolute atomic E-state index is 5.67. The smallest absolute Gasteiger partial charge is 0.163 e. The number of hydrogen-bond donors (Lipinski definition) is 1. The monoisotopic (exact) mass is 285 g/mol. The summed E-state index contributed by atoms with van der Waals surface area (Å²) >= 11 is 0. The Morgan fingerprint density at radius 3 is 2.38 bits per heavy atom. The first-order chi connectivity index (χ1) is 10.2. The van der Waals surface area contributed by atoms with Crippen molar-refractivity contribution < 1.29 is 4.74 Å². The third-order valence-electron chi connectivity index (χ3n) is 3.48. The summed E-state index contributed by atoms with van der Waals surface area (Å²) in [5.74, 6) is 1.55. The third-order valence-corrected chi connectivity index (χ3v) is 3.48. The normalized spacial score (nSPS) is 10.7. The summed E-state index contributed by atoms with van der Waals surface area (Å²) in [5, 5.41) is 0. The number of hydrogen-bond acceptors (Lipinski definition) is 4. The average molecular weight is 285 g/mol. The fourth-order valence-electron chi connectivity index (χ4n) is 2.43. The minimum absolute atomic E-state index is 0.629. The Bertz CT molecular complexity index is 588. The molecule has 1 heterocycles. The Morgan fingerprint density at radius 1 is 1.10 bits per heavy atom. The number of benzene rings is 1. The number of para-hydroxylation sites is 1. The lowest BCUT2D eigenvalue weighted by Gasteiger charge is -2.13. The second-order valence-electron chi connectivity index (χ2n) is 5.02. The minimum atomic E-state index is 0.629.